The van der Waals surface area contributed by atoms with E-state index in [1.165, 1.54) is 9.58 Å². The van der Waals surface area contributed by atoms with E-state index >= 15 is 0 Å². The largest absolute Gasteiger partial charge is 0.354 e. The maximum absolute atomic E-state index is 12.7. The van der Waals surface area contributed by atoms with E-state index < -0.39 is 0 Å². The van der Waals surface area contributed by atoms with Crippen molar-refractivity contribution in [3.05, 3.63) is 70.6 Å². The van der Waals surface area contributed by atoms with Gasteiger partial charge in [0.25, 0.3) is 5.56 Å². The molecule has 7 heteroatoms. The molecule has 0 spiro atoms. The molecule has 0 bridgehead atoms. The molecule has 4 rings (SSSR count). The van der Waals surface area contributed by atoms with Crippen LogP contribution in [0, 0.1) is 0 Å². The Balaban J connectivity index is 1.42. The Hall–Kier alpha value is -3.06. The summed E-state index contributed by atoms with van der Waals surface area (Å²) in [7, 11) is 0. The van der Waals surface area contributed by atoms with E-state index in [1.807, 2.05) is 30.5 Å². The third-order valence-electron chi connectivity index (χ3n) is 4.71. The van der Waals surface area contributed by atoms with Gasteiger partial charge in [0.15, 0.2) is 0 Å². The molecule has 142 valence electrons. The van der Waals surface area contributed by atoms with Crippen molar-refractivity contribution >= 4 is 39.5 Å². The Morgan fingerprint density at radius 1 is 1.14 bits per heavy atom. The molecule has 0 fully saturated rings. The van der Waals surface area contributed by atoms with E-state index in [-0.39, 0.29) is 18.0 Å². The van der Waals surface area contributed by atoms with Gasteiger partial charge in [-0.3, -0.25) is 9.59 Å². The number of H-pyrrole nitrogens is 1. The van der Waals surface area contributed by atoms with Gasteiger partial charge in [-0.25, -0.2) is 4.68 Å². The van der Waals surface area contributed by atoms with Gasteiger partial charge in [-0.15, -0.1) is 11.8 Å². The number of para-hydroxylation sites is 1. The van der Waals surface area contributed by atoms with Crippen molar-refractivity contribution in [2.75, 3.05) is 12.8 Å². The number of aromatic amines is 1. The second-order valence-corrected chi connectivity index (χ2v) is 7.39. The number of fused-ring (bicyclic) bond motifs is 3. The first-order valence-electron chi connectivity index (χ1n) is 9.02. The highest BCUT2D eigenvalue weighted by atomic mass is 32.2. The summed E-state index contributed by atoms with van der Waals surface area (Å²) in [5, 5.41) is 8.75. The molecule has 2 N–H and O–H groups in total. The van der Waals surface area contributed by atoms with Crippen LogP contribution in [0.15, 0.2) is 64.4 Å². The number of benzene rings is 2. The van der Waals surface area contributed by atoms with E-state index in [1.54, 1.807) is 18.0 Å². The highest BCUT2D eigenvalue weighted by molar-refractivity contribution is 7.98. The van der Waals surface area contributed by atoms with Crippen LogP contribution in [0.25, 0.3) is 21.8 Å². The minimum atomic E-state index is -0.295. The Morgan fingerprint density at radius 3 is 2.71 bits per heavy atom. The van der Waals surface area contributed by atoms with Crippen molar-refractivity contribution in [3.63, 3.8) is 0 Å². The number of amides is 1. The van der Waals surface area contributed by atoms with E-state index in [0.717, 1.165) is 28.3 Å². The van der Waals surface area contributed by atoms with Gasteiger partial charge in [-0.2, -0.15) is 5.10 Å². The van der Waals surface area contributed by atoms with E-state index in [2.05, 4.69) is 39.7 Å². The maximum atomic E-state index is 12.7. The molecule has 6 nitrogen and oxygen atoms in total. The normalized spacial score (nSPS) is 11.2. The van der Waals surface area contributed by atoms with Crippen LogP contribution in [-0.4, -0.2) is 33.5 Å². The van der Waals surface area contributed by atoms with Crippen LogP contribution in [-0.2, 0) is 17.8 Å². The highest BCUT2D eigenvalue weighted by Gasteiger charge is 2.12. The lowest BCUT2D eigenvalue weighted by atomic mass is 10.1. The van der Waals surface area contributed by atoms with Gasteiger partial charge in [-0.05, 0) is 36.4 Å². The Bertz CT molecular complexity index is 1190. The quantitative estimate of drug-likeness (QED) is 0.495. The summed E-state index contributed by atoms with van der Waals surface area (Å²) >= 11 is 1.70. The second-order valence-electron chi connectivity index (χ2n) is 6.51. The number of aromatic nitrogens is 3. The Morgan fingerprint density at radius 2 is 1.93 bits per heavy atom. The zero-order valence-electron chi connectivity index (χ0n) is 15.4. The molecule has 0 saturated heterocycles. The van der Waals surface area contributed by atoms with Crippen molar-refractivity contribution in [3.8, 4) is 0 Å². The Labute approximate surface area is 165 Å². The van der Waals surface area contributed by atoms with Crippen molar-refractivity contribution in [2.24, 2.45) is 0 Å². The van der Waals surface area contributed by atoms with Gasteiger partial charge in [0.2, 0.25) is 5.91 Å². The van der Waals surface area contributed by atoms with Gasteiger partial charge in [0.1, 0.15) is 12.1 Å². The van der Waals surface area contributed by atoms with Crippen molar-refractivity contribution in [2.45, 2.75) is 17.9 Å². The van der Waals surface area contributed by atoms with Crippen molar-refractivity contribution in [1.82, 2.24) is 20.1 Å². The van der Waals surface area contributed by atoms with Crippen LogP contribution in [0.4, 0.5) is 0 Å². The SMILES string of the molecule is CSc1ccc(CCNC(=O)Cn2ncc3c([nH]c4ccccc43)c2=O)cc1. The lowest BCUT2D eigenvalue weighted by Gasteiger charge is -2.07. The number of rotatable bonds is 6. The van der Waals surface area contributed by atoms with Crippen LogP contribution in [0.1, 0.15) is 5.56 Å². The topological polar surface area (TPSA) is 79.8 Å². The fourth-order valence-electron chi connectivity index (χ4n) is 3.22. The lowest BCUT2D eigenvalue weighted by Crippen LogP contribution is -2.34. The molecule has 4 aromatic rings. The summed E-state index contributed by atoms with van der Waals surface area (Å²) in [5.41, 5.74) is 2.22. The number of hydrogen-bond donors (Lipinski definition) is 2. The summed E-state index contributed by atoms with van der Waals surface area (Å²) in [5.74, 6) is -0.231. The molecule has 0 saturated carbocycles. The molecule has 28 heavy (non-hydrogen) atoms. The first kappa shape index (κ1) is 18.3. The highest BCUT2D eigenvalue weighted by Crippen LogP contribution is 2.21. The molecule has 2 aromatic heterocycles. The standard InChI is InChI=1S/C21H20N4O2S/c1-28-15-8-6-14(7-9-15)10-11-22-19(26)13-25-21(27)20-17(12-23-25)16-4-2-3-5-18(16)24-20/h2-9,12,24H,10-11,13H2,1H3,(H,22,26). The van der Waals surface area contributed by atoms with Crippen LogP contribution in [0.3, 0.4) is 0 Å². The minimum Gasteiger partial charge on any atom is -0.354 e. The third kappa shape index (κ3) is 3.66. The molecule has 0 aliphatic rings. The number of nitrogens with zero attached hydrogens (tertiary/aromatic N) is 2. The van der Waals surface area contributed by atoms with Crippen LogP contribution in [0.5, 0.6) is 0 Å². The first-order valence-corrected chi connectivity index (χ1v) is 10.2. The lowest BCUT2D eigenvalue weighted by molar-refractivity contribution is -0.121. The minimum absolute atomic E-state index is 0.102. The number of hydrogen-bond acceptors (Lipinski definition) is 4. The summed E-state index contributed by atoms with van der Waals surface area (Å²) in [6.45, 7) is 0.413. The number of carbonyl (C=O) groups excluding carboxylic acids is 1. The predicted octanol–water partition coefficient (Wildman–Crippen LogP) is 2.96. The molecule has 2 aromatic carbocycles. The van der Waals surface area contributed by atoms with Gasteiger partial charge in [-0.1, -0.05) is 30.3 Å². The monoisotopic (exact) mass is 392 g/mol. The van der Waals surface area contributed by atoms with Crippen molar-refractivity contribution in [1.29, 1.82) is 0 Å². The molecule has 0 aliphatic carbocycles. The molecule has 0 unspecified atom stereocenters. The fraction of sp³-hybridized carbons (Fsp3) is 0.190. The molecule has 1 amide bonds. The summed E-state index contributed by atoms with van der Waals surface area (Å²) in [6, 6.07) is 16.0. The number of thioether (sulfide) groups is 1. The zero-order valence-corrected chi connectivity index (χ0v) is 16.3. The second kappa shape index (κ2) is 7.90. The van der Waals surface area contributed by atoms with Gasteiger partial charge < -0.3 is 10.3 Å². The number of nitrogens with one attached hydrogen (secondary N) is 2. The molecular formula is C21H20N4O2S. The first-order chi connectivity index (χ1) is 13.7. The zero-order chi connectivity index (χ0) is 19.5. The number of carbonyl (C=O) groups is 1. The third-order valence-corrected chi connectivity index (χ3v) is 5.45. The van der Waals surface area contributed by atoms with Gasteiger partial charge in [0, 0.05) is 27.7 Å². The summed E-state index contributed by atoms with van der Waals surface area (Å²) in [4.78, 5) is 29.3. The van der Waals surface area contributed by atoms with Crippen LogP contribution in [0.2, 0.25) is 0 Å². The van der Waals surface area contributed by atoms with Crippen LogP contribution < -0.4 is 10.9 Å². The molecule has 0 aliphatic heterocycles. The van der Waals surface area contributed by atoms with Gasteiger partial charge in [0.05, 0.1) is 6.20 Å². The molecule has 0 radical (unpaired) electrons. The van der Waals surface area contributed by atoms with Crippen LogP contribution >= 0.6 is 11.8 Å². The molecule has 2 heterocycles. The smallest absolute Gasteiger partial charge is 0.291 e. The summed E-state index contributed by atoms with van der Waals surface area (Å²) in [6.07, 6.45) is 4.41. The fourth-order valence-corrected chi connectivity index (χ4v) is 3.63. The van der Waals surface area contributed by atoms with E-state index in [0.29, 0.717) is 12.1 Å². The van der Waals surface area contributed by atoms with Crippen molar-refractivity contribution < 1.29 is 4.79 Å². The summed E-state index contributed by atoms with van der Waals surface area (Å²) < 4.78 is 1.19. The average molecular weight is 392 g/mol. The average Bonchev–Trinajstić information content (AvgIpc) is 3.10. The van der Waals surface area contributed by atoms with E-state index in [4.69, 9.17) is 0 Å². The predicted molar refractivity (Wildman–Crippen MR) is 113 cm³/mol. The Kier molecular flexibility index (Phi) is 5.16. The van der Waals surface area contributed by atoms with Gasteiger partial charge >= 0.3 is 0 Å². The molecule has 0 atom stereocenters. The molecular weight excluding hydrogens is 372 g/mol. The maximum Gasteiger partial charge on any atom is 0.291 e. The van der Waals surface area contributed by atoms with E-state index in [9.17, 15) is 9.59 Å².